The molecular formula is C20H23ClN2O. The zero-order valence-corrected chi connectivity index (χ0v) is 14.6. The average Bonchev–Trinajstić information content (AvgIpc) is 3.06. The molecular weight excluding hydrogens is 320 g/mol. The van der Waals surface area contributed by atoms with E-state index in [-0.39, 0.29) is 0 Å². The van der Waals surface area contributed by atoms with Gasteiger partial charge in [-0.15, -0.1) is 0 Å². The molecule has 126 valence electrons. The van der Waals surface area contributed by atoms with Crippen LogP contribution in [0.15, 0.2) is 42.7 Å². The van der Waals surface area contributed by atoms with Gasteiger partial charge in [-0.2, -0.15) is 0 Å². The smallest absolute Gasteiger partial charge is 0.145 e. The molecule has 2 aliphatic rings. The molecule has 1 aromatic heterocycles. The molecule has 0 atom stereocenters. The van der Waals surface area contributed by atoms with Gasteiger partial charge in [0.2, 0.25) is 0 Å². The van der Waals surface area contributed by atoms with Gasteiger partial charge in [0, 0.05) is 16.8 Å². The van der Waals surface area contributed by atoms with Crippen LogP contribution in [0, 0.1) is 0 Å². The number of hydrogen-bond acceptors (Lipinski definition) is 3. The van der Waals surface area contributed by atoms with E-state index in [1.165, 1.54) is 50.6 Å². The van der Waals surface area contributed by atoms with E-state index in [2.05, 4.69) is 16.4 Å². The minimum atomic E-state index is 0.432. The van der Waals surface area contributed by atoms with Crippen LogP contribution in [0.5, 0.6) is 11.5 Å². The van der Waals surface area contributed by atoms with Crippen LogP contribution < -0.4 is 10.1 Å². The molecule has 3 nitrogen and oxygen atoms in total. The first-order chi connectivity index (χ1) is 11.7. The van der Waals surface area contributed by atoms with Gasteiger partial charge in [-0.05, 0) is 86.9 Å². The molecule has 1 spiro atoms. The van der Waals surface area contributed by atoms with Gasteiger partial charge in [0.05, 0.1) is 6.20 Å². The molecule has 1 N–H and O–H groups in total. The largest absolute Gasteiger partial charge is 0.456 e. The summed E-state index contributed by atoms with van der Waals surface area (Å²) >= 11 is 5.92. The van der Waals surface area contributed by atoms with Gasteiger partial charge < -0.3 is 10.1 Å². The molecule has 2 aromatic rings. The van der Waals surface area contributed by atoms with Crippen molar-refractivity contribution in [2.45, 2.75) is 50.0 Å². The van der Waals surface area contributed by atoms with E-state index < -0.39 is 0 Å². The Morgan fingerprint density at radius 1 is 1.04 bits per heavy atom. The highest BCUT2D eigenvalue weighted by Gasteiger charge is 2.37. The molecule has 4 rings (SSSR count). The van der Waals surface area contributed by atoms with Crippen LogP contribution >= 0.6 is 11.6 Å². The summed E-state index contributed by atoms with van der Waals surface area (Å²) in [4.78, 5) is 4.40. The van der Waals surface area contributed by atoms with Crippen LogP contribution in [0.3, 0.4) is 0 Å². The molecule has 1 saturated heterocycles. The Hall–Kier alpha value is -1.58. The predicted octanol–water partition coefficient (Wildman–Crippen LogP) is 5.31. The molecule has 2 fully saturated rings. The Bertz CT molecular complexity index is 685. The van der Waals surface area contributed by atoms with Crippen molar-refractivity contribution >= 4 is 11.6 Å². The van der Waals surface area contributed by atoms with Gasteiger partial charge in [-0.3, -0.25) is 4.98 Å². The molecule has 4 heteroatoms. The zero-order chi connectivity index (χ0) is 16.4. The lowest BCUT2D eigenvalue weighted by molar-refractivity contribution is 0.243. The molecule has 1 aliphatic heterocycles. The second-order valence-electron chi connectivity index (χ2n) is 7.09. The van der Waals surface area contributed by atoms with E-state index in [9.17, 15) is 0 Å². The number of hydrogen-bond donors (Lipinski definition) is 1. The van der Waals surface area contributed by atoms with Crippen LogP contribution in [0.25, 0.3) is 0 Å². The Morgan fingerprint density at radius 3 is 2.54 bits per heavy atom. The van der Waals surface area contributed by atoms with E-state index in [1.807, 2.05) is 30.5 Å². The van der Waals surface area contributed by atoms with Gasteiger partial charge in [0.15, 0.2) is 0 Å². The van der Waals surface area contributed by atoms with E-state index in [1.54, 1.807) is 6.20 Å². The lowest BCUT2D eigenvalue weighted by Crippen LogP contribution is -2.42. The fraction of sp³-hybridized carbons (Fsp3) is 0.450. The summed E-state index contributed by atoms with van der Waals surface area (Å²) in [5.74, 6) is 2.18. The highest BCUT2D eigenvalue weighted by Crippen LogP contribution is 2.42. The zero-order valence-electron chi connectivity index (χ0n) is 13.8. The normalized spacial score (nSPS) is 26.6. The van der Waals surface area contributed by atoms with Crippen LogP contribution in [0.1, 0.15) is 50.0 Å². The number of aromatic nitrogens is 1. The van der Waals surface area contributed by atoms with Crippen LogP contribution in [-0.4, -0.2) is 17.1 Å². The summed E-state index contributed by atoms with van der Waals surface area (Å²) in [6.45, 7) is 1.19. The van der Waals surface area contributed by atoms with E-state index >= 15 is 0 Å². The predicted molar refractivity (Wildman–Crippen MR) is 96.9 cm³/mol. The first-order valence-electron chi connectivity index (χ1n) is 8.86. The second-order valence-corrected chi connectivity index (χ2v) is 7.53. The van der Waals surface area contributed by atoms with Gasteiger partial charge in [0.1, 0.15) is 11.5 Å². The van der Waals surface area contributed by atoms with E-state index in [0.29, 0.717) is 16.5 Å². The van der Waals surface area contributed by atoms with Crippen molar-refractivity contribution in [3.8, 4) is 11.5 Å². The fourth-order valence-electron chi connectivity index (χ4n) is 4.15. The third-order valence-corrected chi connectivity index (χ3v) is 5.78. The maximum absolute atomic E-state index is 5.92. The second kappa shape index (κ2) is 6.73. The molecule has 0 unspecified atom stereocenters. The number of pyridine rings is 1. The Balaban J connectivity index is 1.44. The average molecular weight is 343 g/mol. The van der Waals surface area contributed by atoms with Gasteiger partial charge >= 0.3 is 0 Å². The van der Waals surface area contributed by atoms with Crippen molar-refractivity contribution in [1.29, 1.82) is 0 Å². The van der Waals surface area contributed by atoms with E-state index in [0.717, 1.165) is 11.5 Å². The van der Waals surface area contributed by atoms with Crippen molar-refractivity contribution in [2.24, 2.45) is 0 Å². The van der Waals surface area contributed by atoms with Crippen LogP contribution in [-0.2, 0) is 0 Å². The Kier molecular flexibility index (Phi) is 4.47. The number of nitrogens with one attached hydrogen (secondary N) is 1. The maximum atomic E-state index is 5.92. The molecule has 1 aromatic carbocycles. The molecule has 0 amide bonds. The molecule has 2 heterocycles. The first-order valence-corrected chi connectivity index (χ1v) is 9.24. The third-order valence-electron chi connectivity index (χ3n) is 5.53. The Morgan fingerprint density at radius 2 is 1.83 bits per heavy atom. The number of benzene rings is 1. The van der Waals surface area contributed by atoms with Crippen LogP contribution in [0.2, 0.25) is 5.02 Å². The molecule has 0 bridgehead atoms. The number of nitrogens with zero attached hydrogens (tertiary/aromatic N) is 1. The summed E-state index contributed by atoms with van der Waals surface area (Å²) in [7, 11) is 0. The monoisotopic (exact) mass is 342 g/mol. The van der Waals surface area contributed by atoms with Crippen molar-refractivity contribution in [3.63, 3.8) is 0 Å². The molecule has 0 radical (unpaired) electrons. The lowest BCUT2D eigenvalue weighted by atomic mass is 9.74. The van der Waals surface area contributed by atoms with Crippen LogP contribution in [0.4, 0.5) is 0 Å². The summed E-state index contributed by atoms with van der Waals surface area (Å²) in [6, 6.07) is 9.58. The lowest BCUT2D eigenvalue weighted by Gasteiger charge is -2.37. The molecule has 24 heavy (non-hydrogen) atoms. The molecule has 1 aliphatic carbocycles. The molecule has 1 saturated carbocycles. The third kappa shape index (κ3) is 3.42. The van der Waals surface area contributed by atoms with Gasteiger partial charge in [-0.25, -0.2) is 0 Å². The Labute approximate surface area is 148 Å². The SMILES string of the molecule is Clc1ccc(Oc2cncc(C3CCC4(CCCN4)CC3)c2)cc1. The summed E-state index contributed by atoms with van der Waals surface area (Å²) in [6.07, 6.45) is 11.5. The highest BCUT2D eigenvalue weighted by molar-refractivity contribution is 6.30. The quantitative estimate of drug-likeness (QED) is 0.821. The minimum Gasteiger partial charge on any atom is -0.456 e. The standard InChI is InChI=1S/C20H23ClN2O/c21-17-2-4-18(5-3-17)24-19-12-16(13-22-14-19)15-6-9-20(10-7-15)8-1-11-23-20/h2-5,12-15,23H,1,6-11H2. The summed E-state index contributed by atoms with van der Waals surface area (Å²) in [5, 5.41) is 4.46. The fourth-order valence-corrected chi connectivity index (χ4v) is 4.28. The summed E-state index contributed by atoms with van der Waals surface area (Å²) in [5.41, 5.74) is 1.73. The maximum Gasteiger partial charge on any atom is 0.145 e. The topological polar surface area (TPSA) is 34.1 Å². The van der Waals surface area contributed by atoms with Crippen molar-refractivity contribution in [3.05, 3.63) is 53.3 Å². The van der Waals surface area contributed by atoms with E-state index in [4.69, 9.17) is 16.3 Å². The van der Waals surface area contributed by atoms with Gasteiger partial charge in [-0.1, -0.05) is 11.6 Å². The number of ether oxygens (including phenoxy) is 1. The highest BCUT2D eigenvalue weighted by atomic mass is 35.5. The van der Waals surface area contributed by atoms with Crippen molar-refractivity contribution in [1.82, 2.24) is 10.3 Å². The van der Waals surface area contributed by atoms with Crippen molar-refractivity contribution in [2.75, 3.05) is 6.54 Å². The number of rotatable bonds is 3. The van der Waals surface area contributed by atoms with Gasteiger partial charge in [0.25, 0.3) is 0 Å². The first kappa shape index (κ1) is 15.9. The minimum absolute atomic E-state index is 0.432. The number of halogens is 1. The van der Waals surface area contributed by atoms with Crippen molar-refractivity contribution < 1.29 is 4.74 Å². The summed E-state index contributed by atoms with van der Waals surface area (Å²) < 4.78 is 5.92.